The van der Waals surface area contributed by atoms with Gasteiger partial charge in [0.2, 0.25) is 0 Å². The number of alkyl carbamates (subject to hydrolysis) is 1. The number of nitrogens with zero attached hydrogens (tertiary/aromatic N) is 1. The zero-order valence-corrected chi connectivity index (χ0v) is 25.1. The Labute approximate surface area is 234 Å². The van der Waals surface area contributed by atoms with Gasteiger partial charge in [0.05, 0.1) is 12.6 Å². The van der Waals surface area contributed by atoms with Gasteiger partial charge in [-0.1, -0.05) is 78.0 Å². The number of aromatic nitrogens is 1. The van der Waals surface area contributed by atoms with E-state index in [0.717, 1.165) is 65.1 Å². The number of hydrogen-bond acceptors (Lipinski definition) is 5. The predicted molar refractivity (Wildman–Crippen MR) is 156 cm³/mol. The van der Waals surface area contributed by atoms with Crippen molar-refractivity contribution < 1.29 is 14.3 Å². The van der Waals surface area contributed by atoms with Crippen molar-refractivity contribution in [3.05, 3.63) is 44.7 Å². The van der Waals surface area contributed by atoms with Gasteiger partial charge >= 0.3 is 6.09 Å². The minimum atomic E-state index is -0.700. The number of carbonyl (C=O) groups is 2. The molecule has 2 atom stereocenters. The lowest BCUT2D eigenvalue weighted by Gasteiger charge is -2.31. The number of carbonyl (C=O) groups excluding carboxylic acids is 2. The SMILES string of the molecule is COC(=O)N[C@H](C(=O)N(S)[C@@H](CCCCI)CCCCc1cc(=O)c2ccc(Br)cc2[nH]1)C(C)C. The van der Waals surface area contributed by atoms with Crippen molar-refractivity contribution in [2.75, 3.05) is 11.5 Å². The minimum absolute atomic E-state index is 0.0166. The maximum Gasteiger partial charge on any atom is 0.407 e. The Morgan fingerprint density at radius 3 is 2.49 bits per heavy atom. The summed E-state index contributed by atoms with van der Waals surface area (Å²) in [6.07, 6.45) is 5.60. The molecule has 0 aliphatic carbocycles. The van der Waals surface area contributed by atoms with Crippen LogP contribution in [0.25, 0.3) is 10.9 Å². The van der Waals surface area contributed by atoms with E-state index in [1.807, 2.05) is 32.0 Å². The first kappa shape index (κ1) is 30.0. The van der Waals surface area contributed by atoms with E-state index in [-0.39, 0.29) is 23.3 Å². The Bertz CT molecular complexity index is 1050. The third-order valence-electron chi connectivity index (χ3n) is 5.97. The average Bonchev–Trinajstić information content (AvgIpc) is 2.82. The molecule has 0 bridgehead atoms. The number of benzene rings is 1. The van der Waals surface area contributed by atoms with Crippen molar-refractivity contribution in [3.8, 4) is 0 Å². The molecule has 2 amide bonds. The van der Waals surface area contributed by atoms with Crippen molar-refractivity contribution in [2.24, 2.45) is 5.92 Å². The molecule has 0 aliphatic rings. The number of unbranched alkanes of at least 4 members (excludes halogenated alkanes) is 2. The van der Waals surface area contributed by atoms with Crippen LogP contribution in [-0.4, -0.2) is 44.9 Å². The fourth-order valence-electron chi connectivity index (χ4n) is 4.00. The number of amides is 2. The third kappa shape index (κ3) is 9.27. The molecular weight excluding hydrogens is 645 g/mol. The number of halogens is 2. The van der Waals surface area contributed by atoms with Gasteiger partial charge in [0, 0.05) is 27.7 Å². The number of pyridine rings is 1. The Balaban J connectivity index is 2.03. The van der Waals surface area contributed by atoms with Gasteiger partial charge < -0.3 is 15.0 Å². The Morgan fingerprint density at radius 1 is 1.17 bits per heavy atom. The number of hydrogen-bond donors (Lipinski definition) is 3. The molecule has 0 radical (unpaired) electrons. The van der Waals surface area contributed by atoms with Gasteiger partial charge in [0.15, 0.2) is 5.43 Å². The van der Waals surface area contributed by atoms with E-state index in [0.29, 0.717) is 5.39 Å². The van der Waals surface area contributed by atoms with E-state index in [1.165, 1.54) is 11.4 Å². The molecule has 7 nitrogen and oxygen atoms in total. The van der Waals surface area contributed by atoms with Gasteiger partial charge in [-0.15, -0.1) is 0 Å². The zero-order valence-electron chi connectivity index (χ0n) is 20.5. The van der Waals surface area contributed by atoms with Crippen LogP contribution in [0.15, 0.2) is 33.5 Å². The second kappa shape index (κ2) is 15.1. The van der Waals surface area contributed by atoms with E-state index in [2.05, 4.69) is 66.4 Å². The largest absolute Gasteiger partial charge is 0.453 e. The standard InChI is InChI=1S/C25H35BrIN3O4S/c1-16(2)23(29-25(33)34-3)24(32)30(35)19(10-6-7-13-27)9-5-4-8-18-15-22(31)20-12-11-17(26)14-21(20)28-18/h11-12,14-16,19,23,35H,4-10,13H2,1-3H3,(H,28,31)(H,29,33)/t19-,23+/m1/s1. The van der Waals surface area contributed by atoms with Gasteiger partial charge in [-0.3, -0.25) is 13.9 Å². The van der Waals surface area contributed by atoms with Crippen LogP contribution >= 0.6 is 51.3 Å². The molecule has 0 fully saturated rings. The summed E-state index contributed by atoms with van der Waals surface area (Å²) in [5.41, 5.74) is 1.74. The van der Waals surface area contributed by atoms with Crippen LogP contribution in [0.1, 0.15) is 58.1 Å². The molecule has 1 aromatic carbocycles. The number of aryl methyl sites for hydroxylation is 1. The van der Waals surface area contributed by atoms with Crippen LogP contribution in [0.3, 0.4) is 0 Å². The highest BCUT2D eigenvalue weighted by molar-refractivity contribution is 14.1. The van der Waals surface area contributed by atoms with Crippen LogP contribution in [0, 0.1) is 5.92 Å². The Hall–Kier alpha value is -1.27. The fraction of sp³-hybridized carbons (Fsp3) is 0.560. The molecule has 194 valence electrons. The lowest BCUT2D eigenvalue weighted by molar-refractivity contribution is -0.130. The maximum atomic E-state index is 13.2. The highest BCUT2D eigenvalue weighted by Crippen LogP contribution is 2.22. The highest BCUT2D eigenvalue weighted by Gasteiger charge is 2.31. The summed E-state index contributed by atoms with van der Waals surface area (Å²) in [5.74, 6) is -0.325. The lowest BCUT2D eigenvalue weighted by atomic mass is 9.99. The topological polar surface area (TPSA) is 91.5 Å². The Kier molecular flexibility index (Phi) is 12.9. The van der Waals surface area contributed by atoms with Crippen LogP contribution in [0.5, 0.6) is 0 Å². The number of alkyl halides is 1. The lowest BCUT2D eigenvalue weighted by Crippen LogP contribution is -2.51. The first-order valence-corrected chi connectivity index (χ1v) is 14.6. The molecule has 0 aliphatic heterocycles. The molecular formula is C25H35BrIN3O4S. The van der Waals surface area contributed by atoms with Crippen molar-refractivity contribution in [2.45, 2.75) is 70.9 Å². The molecule has 10 heteroatoms. The van der Waals surface area contributed by atoms with Crippen molar-refractivity contribution >= 4 is 74.2 Å². The monoisotopic (exact) mass is 679 g/mol. The fourth-order valence-corrected chi connectivity index (χ4v) is 5.25. The summed E-state index contributed by atoms with van der Waals surface area (Å²) in [5, 5.41) is 3.32. The van der Waals surface area contributed by atoms with E-state index < -0.39 is 12.1 Å². The Morgan fingerprint density at radius 2 is 1.86 bits per heavy atom. The number of fused-ring (bicyclic) bond motifs is 1. The van der Waals surface area contributed by atoms with Gasteiger partial charge in [-0.05, 0) is 60.6 Å². The van der Waals surface area contributed by atoms with Crippen LogP contribution in [0.4, 0.5) is 4.79 Å². The number of aromatic amines is 1. The first-order valence-electron chi connectivity index (χ1n) is 11.9. The smallest absolute Gasteiger partial charge is 0.407 e. The first-order chi connectivity index (χ1) is 16.7. The van der Waals surface area contributed by atoms with Crippen molar-refractivity contribution in [1.82, 2.24) is 14.6 Å². The van der Waals surface area contributed by atoms with Crippen LogP contribution < -0.4 is 10.7 Å². The summed E-state index contributed by atoms with van der Waals surface area (Å²) in [6, 6.07) is 6.54. The second-order valence-electron chi connectivity index (χ2n) is 8.97. The molecule has 35 heavy (non-hydrogen) atoms. The number of methoxy groups -OCH3 is 1. The zero-order chi connectivity index (χ0) is 26.0. The molecule has 0 spiro atoms. The van der Waals surface area contributed by atoms with E-state index in [1.54, 1.807) is 6.07 Å². The summed E-state index contributed by atoms with van der Waals surface area (Å²) in [6.45, 7) is 3.77. The van der Waals surface area contributed by atoms with Crippen molar-refractivity contribution in [3.63, 3.8) is 0 Å². The minimum Gasteiger partial charge on any atom is -0.453 e. The quantitative estimate of drug-likeness (QED) is 0.104. The van der Waals surface area contributed by atoms with Crippen molar-refractivity contribution in [1.29, 1.82) is 0 Å². The van der Waals surface area contributed by atoms with E-state index in [4.69, 9.17) is 0 Å². The van der Waals surface area contributed by atoms with Crippen LogP contribution in [0.2, 0.25) is 0 Å². The average molecular weight is 680 g/mol. The van der Waals surface area contributed by atoms with Gasteiger partial charge in [-0.2, -0.15) is 0 Å². The highest BCUT2D eigenvalue weighted by atomic mass is 127. The number of ether oxygens (including phenoxy) is 1. The van der Waals surface area contributed by atoms with Gasteiger partial charge in [0.25, 0.3) is 5.91 Å². The molecule has 0 unspecified atom stereocenters. The van der Waals surface area contributed by atoms with E-state index >= 15 is 0 Å². The number of nitrogens with one attached hydrogen (secondary N) is 2. The molecule has 2 rings (SSSR count). The second-order valence-corrected chi connectivity index (χ2v) is 11.4. The molecule has 2 N–H and O–H groups in total. The predicted octanol–water partition coefficient (Wildman–Crippen LogP) is 6.03. The third-order valence-corrected chi connectivity index (χ3v) is 7.74. The van der Waals surface area contributed by atoms with Gasteiger partial charge in [0.1, 0.15) is 6.04 Å². The maximum absolute atomic E-state index is 13.2. The number of rotatable bonds is 13. The summed E-state index contributed by atoms with van der Waals surface area (Å²) in [7, 11) is 1.28. The molecule has 1 heterocycles. The summed E-state index contributed by atoms with van der Waals surface area (Å²) >= 11 is 10.4. The number of thiol groups is 1. The normalized spacial score (nSPS) is 13.0. The van der Waals surface area contributed by atoms with E-state index in [9.17, 15) is 14.4 Å². The molecule has 1 aromatic heterocycles. The molecule has 0 saturated heterocycles. The molecule has 0 saturated carbocycles. The van der Waals surface area contributed by atoms with Gasteiger partial charge in [-0.25, -0.2) is 4.79 Å². The summed E-state index contributed by atoms with van der Waals surface area (Å²) < 4.78 is 8.18. The van der Waals surface area contributed by atoms with Crippen LogP contribution in [-0.2, 0) is 16.0 Å². The number of H-pyrrole nitrogens is 1. The summed E-state index contributed by atoms with van der Waals surface area (Å²) in [4.78, 5) is 40.8. The molecule has 2 aromatic rings.